The number of para-hydroxylation sites is 2. The normalized spacial score (nSPS) is 13.8. The van der Waals surface area contributed by atoms with Gasteiger partial charge in [-0.2, -0.15) is 0 Å². The van der Waals surface area contributed by atoms with Crippen LogP contribution in [0, 0.1) is 0 Å². The van der Waals surface area contributed by atoms with Crippen LogP contribution in [0.1, 0.15) is 40.7 Å². The standard InChI is InChI=1S/C33H41N3O5/c37-32(38)12-6-7-18-35(26-27-13-15-29(16-14-27)33(39)40)19-17-28-8-4-5-11-31(28)41-25-24-34-20-22-36(23-21-34)30-9-2-1-3-10-30/h1-5,8-11,13-16H,6-7,12,17-26H2,(H,37,38)(H,39,40). The molecule has 1 aliphatic heterocycles. The van der Waals surface area contributed by atoms with Crippen LogP contribution in [0.5, 0.6) is 5.75 Å². The molecule has 0 bridgehead atoms. The molecule has 1 aliphatic rings. The van der Waals surface area contributed by atoms with E-state index in [2.05, 4.69) is 51.1 Å². The summed E-state index contributed by atoms with van der Waals surface area (Å²) >= 11 is 0. The Kier molecular flexibility index (Phi) is 11.6. The zero-order chi connectivity index (χ0) is 28.9. The van der Waals surface area contributed by atoms with Crippen LogP contribution in [0.25, 0.3) is 0 Å². The van der Waals surface area contributed by atoms with Gasteiger partial charge in [0.25, 0.3) is 0 Å². The molecule has 0 spiro atoms. The average Bonchev–Trinajstić information content (AvgIpc) is 2.99. The Bertz CT molecular complexity index is 1230. The van der Waals surface area contributed by atoms with E-state index >= 15 is 0 Å². The Balaban J connectivity index is 1.27. The Morgan fingerprint density at radius 3 is 2.22 bits per heavy atom. The molecule has 0 atom stereocenters. The Morgan fingerprint density at radius 2 is 1.51 bits per heavy atom. The fourth-order valence-corrected chi connectivity index (χ4v) is 5.18. The molecule has 41 heavy (non-hydrogen) atoms. The first kappa shape index (κ1) is 30.1. The quantitative estimate of drug-likeness (QED) is 0.240. The van der Waals surface area contributed by atoms with Crippen LogP contribution in [-0.4, -0.2) is 84.4 Å². The minimum Gasteiger partial charge on any atom is -0.492 e. The Morgan fingerprint density at radius 1 is 0.805 bits per heavy atom. The number of anilines is 1. The van der Waals surface area contributed by atoms with Gasteiger partial charge in [0.05, 0.1) is 5.56 Å². The highest BCUT2D eigenvalue weighted by Crippen LogP contribution is 2.20. The summed E-state index contributed by atoms with van der Waals surface area (Å²) < 4.78 is 6.27. The fourth-order valence-electron chi connectivity index (χ4n) is 5.18. The van der Waals surface area contributed by atoms with Crippen LogP contribution >= 0.6 is 0 Å². The number of hydrogen-bond donors (Lipinski definition) is 2. The van der Waals surface area contributed by atoms with Crippen molar-refractivity contribution in [3.05, 3.63) is 95.6 Å². The number of nitrogens with zero attached hydrogens (tertiary/aromatic N) is 3. The molecule has 218 valence electrons. The lowest BCUT2D eigenvalue weighted by atomic mass is 10.1. The number of ether oxygens (including phenoxy) is 1. The van der Waals surface area contributed by atoms with Crippen molar-refractivity contribution in [2.45, 2.75) is 32.2 Å². The van der Waals surface area contributed by atoms with Gasteiger partial charge in [0.1, 0.15) is 12.4 Å². The van der Waals surface area contributed by atoms with Crippen LogP contribution in [0.4, 0.5) is 5.69 Å². The van der Waals surface area contributed by atoms with E-state index in [1.54, 1.807) is 12.1 Å². The lowest BCUT2D eigenvalue weighted by Crippen LogP contribution is -2.47. The third kappa shape index (κ3) is 9.92. The number of carbonyl (C=O) groups is 2. The van der Waals surface area contributed by atoms with E-state index in [1.165, 1.54) is 5.69 Å². The van der Waals surface area contributed by atoms with Crippen LogP contribution in [-0.2, 0) is 17.8 Å². The van der Waals surface area contributed by atoms with Gasteiger partial charge in [0.15, 0.2) is 0 Å². The highest BCUT2D eigenvalue weighted by atomic mass is 16.5. The summed E-state index contributed by atoms with van der Waals surface area (Å²) in [6.07, 6.45) is 2.38. The number of unbranched alkanes of at least 4 members (excludes halogenated alkanes) is 1. The minimum atomic E-state index is -0.937. The summed E-state index contributed by atoms with van der Waals surface area (Å²) in [5.74, 6) is -0.801. The molecule has 1 heterocycles. The highest BCUT2D eigenvalue weighted by Gasteiger charge is 2.17. The van der Waals surface area contributed by atoms with Crippen molar-refractivity contribution in [1.82, 2.24) is 9.80 Å². The molecule has 8 heteroatoms. The Hall–Kier alpha value is -3.88. The van der Waals surface area contributed by atoms with Gasteiger partial charge < -0.3 is 19.8 Å². The molecular weight excluding hydrogens is 518 g/mol. The zero-order valence-electron chi connectivity index (χ0n) is 23.7. The van der Waals surface area contributed by atoms with E-state index in [0.717, 1.165) is 75.5 Å². The summed E-state index contributed by atoms with van der Waals surface area (Å²) in [5, 5.41) is 18.2. The second kappa shape index (κ2) is 15.8. The molecule has 1 fully saturated rings. The summed E-state index contributed by atoms with van der Waals surface area (Å²) in [4.78, 5) is 29.4. The van der Waals surface area contributed by atoms with Crippen molar-refractivity contribution in [3.8, 4) is 5.75 Å². The number of hydrogen-bond acceptors (Lipinski definition) is 6. The topological polar surface area (TPSA) is 93.5 Å². The number of carboxylic acids is 2. The maximum Gasteiger partial charge on any atom is 0.335 e. The maximum absolute atomic E-state index is 11.2. The van der Waals surface area contributed by atoms with Gasteiger partial charge in [-0.1, -0.05) is 48.5 Å². The van der Waals surface area contributed by atoms with Gasteiger partial charge in [-0.25, -0.2) is 4.79 Å². The number of aromatic carboxylic acids is 1. The lowest BCUT2D eigenvalue weighted by molar-refractivity contribution is -0.137. The number of piperazine rings is 1. The number of aliphatic carboxylic acids is 1. The highest BCUT2D eigenvalue weighted by molar-refractivity contribution is 5.87. The maximum atomic E-state index is 11.2. The first-order chi connectivity index (χ1) is 20.0. The molecule has 0 unspecified atom stereocenters. The summed E-state index contributed by atoms with van der Waals surface area (Å²) in [6, 6.07) is 25.7. The van der Waals surface area contributed by atoms with Gasteiger partial charge in [0, 0.05) is 57.9 Å². The average molecular weight is 560 g/mol. The van der Waals surface area contributed by atoms with E-state index in [0.29, 0.717) is 19.6 Å². The molecule has 0 radical (unpaired) electrons. The molecular formula is C33H41N3O5. The van der Waals surface area contributed by atoms with E-state index < -0.39 is 11.9 Å². The first-order valence-corrected chi connectivity index (χ1v) is 14.5. The molecule has 8 nitrogen and oxygen atoms in total. The van der Waals surface area contributed by atoms with Crippen molar-refractivity contribution in [1.29, 1.82) is 0 Å². The predicted octanol–water partition coefficient (Wildman–Crippen LogP) is 4.89. The van der Waals surface area contributed by atoms with Gasteiger partial charge in [-0.15, -0.1) is 0 Å². The van der Waals surface area contributed by atoms with Crippen molar-refractivity contribution >= 4 is 17.6 Å². The largest absolute Gasteiger partial charge is 0.492 e. The van der Waals surface area contributed by atoms with Gasteiger partial charge in [-0.05, 0) is 67.3 Å². The van der Waals surface area contributed by atoms with Crippen molar-refractivity contribution in [2.24, 2.45) is 0 Å². The number of carboxylic acid groups (broad SMARTS) is 2. The monoisotopic (exact) mass is 559 g/mol. The van der Waals surface area contributed by atoms with Gasteiger partial charge in [0.2, 0.25) is 0 Å². The smallest absolute Gasteiger partial charge is 0.335 e. The van der Waals surface area contributed by atoms with E-state index in [4.69, 9.17) is 9.84 Å². The molecule has 2 N–H and O–H groups in total. The van der Waals surface area contributed by atoms with Crippen LogP contribution in [0.3, 0.4) is 0 Å². The number of benzene rings is 3. The first-order valence-electron chi connectivity index (χ1n) is 14.5. The Labute approximate surface area is 242 Å². The molecule has 4 rings (SSSR count). The molecule has 0 aromatic heterocycles. The molecule has 0 aliphatic carbocycles. The van der Waals surface area contributed by atoms with Crippen LogP contribution < -0.4 is 9.64 Å². The molecule has 0 saturated carbocycles. The molecule has 3 aromatic carbocycles. The minimum absolute atomic E-state index is 0.166. The second-order valence-corrected chi connectivity index (χ2v) is 10.5. The van der Waals surface area contributed by atoms with Crippen molar-refractivity contribution in [2.75, 3.05) is 57.3 Å². The third-order valence-electron chi connectivity index (χ3n) is 7.55. The van der Waals surface area contributed by atoms with Crippen molar-refractivity contribution < 1.29 is 24.5 Å². The van der Waals surface area contributed by atoms with Crippen LogP contribution in [0.2, 0.25) is 0 Å². The fraction of sp³-hybridized carbons (Fsp3) is 0.394. The molecule has 1 saturated heterocycles. The van der Waals surface area contributed by atoms with E-state index in [-0.39, 0.29) is 12.0 Å². The molecule has 3 aromatic rings. The summed E-state index contributed by atoms with van der Waals surface area (Å²) in [6.45, 7) is 7.82. The zero-order valence-corrected chi connectivity index (χ0v) is 23.7. The van der Waals surface area contributed by atoms with Gasteiger partial charge in [-0.3, -0.25) is 14.6 Å². The lowest BCUT2D eigenvalue weighted by Gasteiger charge is -2.36. The summed E-state index contributed by atoms with van der Waals surface area (Å²) in [5.41, 5.74) is 3.74. The predicted molar refractivity (Wildman–Crippen MR) is 161 cm³/mol. The van der Waals surface area contributed by atoms with Gasteiger partial charge >= 0.3 is 11.9 Å². The second-order valence-electron chi connectivity index (χ2n) is 10.5. The SMILES string of the molecule is O=C(O)CCCCN(CCc1ccccc1OCCN1CCN(c2ccccc2)CC1)Cc1ccc(C(=O)O)cc1. The van der Waals surface area contributed by atoms with Crippen LogP contribution in [0.15, 0.2) is 78.9 Å². The van der Waals surface area contributed by atoms with E-state index in [1.807, 2.05) is 30.3 Å². The van der Waals surface area contributed by atoms with Crippen molar-refractivity contribution in [3.63, 3.8) is 0 Å². The summed E-state index contributed by atoms with van der Waals surface area (Å²) in [7, 11) is 0. The molecule has 0 amide bonds. The number of rotatable bonds is 16. The third-order valence-corrected chi connectivity index (χ3v) is 7.55. The van der Waals surface area contributed by atoms with E-state index in [9.17, 15) is 14.7 Å².